The number of nitrogens with zero attached hydrogens (tertiary/aromatic N) is 2. The predicted molar refractivity (Wildman–Crippen MR) is 57.5 cm³/mol. The summed E-state index contributed by atoms with van der Waals surface area (Å²) in [4.78, 5) is 19.9. The molecule has 0 saturated carbocycles. The van der Waals surface area contributed by atoms with Gasteiger partial charge in [-0.05, 0) is 17.7 Å². The summed E-state index contributed by atoms with van der Waals surface area (Å²) in [5.74, 6) is -1.50. The number of hydrogen-bond donors (Lipinski definition) is 0. The predicted octanol–water partition coefficient (Wildman–Crippen LogP) is 1.85. The largest absolute Gasteiger partial charge is 0.265 e. The SMILES string of the molecule is C[C@H]([C@@H](C[N+](=O)[O-])c1cccc(F)c1)[N+](=O)[O-]. The molecule has 0 spiro atoms. The second-order valence-electron chi connectivity index (χ2n) is 3.70. The van der Waals surface area contributed by atoms with Gasteiger partial charge in [0.1, 0.15) is 11.7 Å². The highest BCUT2D eigenvalue weighted by Gasteiger charge is 2.32. The Hall–Kier alpha value is -2.05. The van der Waals surface area contributed by atoms with Crippen molar-refractivity contribution in [3.8, 4) is 0 Å². The van der Waals surface area contributed by atoms with E-state index in [1.807, 2.05) is 0 Å². The van der Waals surface area contributed by atoms with Gasteiger partial charge >= 0.3 is 0 Å². The van der Waals surface area contributed by atoms with Crippen LogP contribution in [-0.4, -0.2) is 22.4 Å². The first-order valence-electron chi connectivity index (χ1n) is 4.92. The number of rotatable bonds is 5. The van der Waals surface area contributed by atoms with Crippen LogP contribution in [0.1, 0.15) is 18.4 Å². The van der Waals surface area contributed by atoms with E-state index in [0.717, 1.165) is 6.07 Å². The summed E-state index contributed by atoms with van der Waals surface area (Å²) in [5.41, 5.74) is 0.269. The molecule has 0 aromatic heterocycles. The first-order valence-corrected chi connectivity index (χ1v) is 4.92. The molecule has 0 unspecified atom stereocenters. The Balaban J connectivity index is 3.05. The zero-order valence-corrected chi connectivity index (χ0v) is 9.08. The molecule has 0 heterocycles. The van der Waals surface area contributed by atoms with Crippen molar-refractivity contribution < 1.29 is 14.2 Å². The second-order valence-corrected chi connectivity index (χ2v) is 3.70. The zero-order chi connectivity index (χ0) is 13.0. The molecule has 17 heavy (non-hydrogen) atoms. The Bertz CT molecular complexity index is 438. The molecule has 0 fully saturated rings. The summed E-state index contributed by atoms with van der Waals surface area (Å²) in [6, 6.07) is 3.97. The van der Waals surface area contributed by atoms with E-state index < -0.39 is 34.2 Å². The summed E-state index contributed by atoms with van der Waals surface area (Å²) >= 11 is 0. The third kappa shape index (κ3) is 3.47. The van der Waals surface area contributed by atoms with Gasteiger partial charge in [-0.3, -0.25) is 20.2 Å². The highest BCUT2D eigenvalue weighted by molar-refractivity contribution is 5.21. The number of benzene rings is 1. The standard InChI is InChI=1S/C10H11FN2O4/c1-7(13(16)17)10(6-12(14)15)8-3-2-4-9(11)5-8/h2-5,7,10H,6H2,1H3/t7-,10-/m1/s1. The third-order valence-electron chi connectivity index (χ3n) is 2.54. The van der Waals surface area contributed by atoms with Crippen molar-refractivity contribution in [3.63, 3.8) is 0 Å². The van der Waals surface area contributed by atoms with Crippen LogP contribution < -0.4 is 0 Å². The number of nitro groups is 2. The van der Waals surface area contributed by atoms with Crippen LogP contribution in [0, 0.1) is 26.0 Å². The fourth-order valence-electron chi connectivity index (χ4n) is 1.58. The van der Waals surface area contributed by atoms with Crippen molar-refractivity contribution in [1.29, 1.82) is 0 Å². The molecule has 2 atom stereocenters. The van der Waals surface area contributed by atoms with Gasteiger partial charge in [-0.1, -0.05) is 12.1 Å². The van der Waals surface area contributed by atoms with Gasteiger partial charge in [-0.2, -0.15) is 0 Å². The van der Waals surface area contributed by atoms with E-state index in [0.29, 0.717) is 0 Å². The van der Waals surface area contributed by atoms with Crippen LogP contribution in [-0.2, 0) is 0 Å². The minimum Gasteiger partial charge on any atom is -0.265 e. The zero-order valence-electron chi connectivity index (χ0n) is 9.08. The summed E-state index contributed by atoms with van der Waals surface area (Å²) in [6.45, 7) is 0.685. The minimum absolute atomic E-state index is 0.269. The molecule has 0 N–H and O–H groups in total. The molecule has 0 aliphatic heterocycles. The molecular formula is C10H11FN2O4. The molecule has 1 aromatic carbocycles. The summed E-state index contributed by atoms with van der Waals surface area (Å²) in [5, 5.41) is 21.2. The van der Waals surface area contributed by atoms with Crippen molar-refractivity contribution in [3.05, 3.63) is 55.9 Å². The van der Waals surface area contributed by atoms with E-state index in [2.05, 4.69) is 0 Å². The quantitative estimate of drug-likeness (QED) is 0.582. The van der Waals surface area contributed by atoms with Crippen molar-refractivity contribution in [2.24, 2.45) is 0 Å². The first-order chi connectivity index (χ1) is 7.91. The van der Waals surface area contributed by atoms with Gasteiger partial charge in [0.2, 0.25) is 12.6 Å². The fraction of sp³-hybridized carbons (Fsp3) is 0.400. The van der Waals surface area contributed by atoms with Crippen molar-refractivity contribution in [2.75, 3.05) is 6.54 Å². The van der Waals surface area contributed by atoms with E-state index in [9.17, 15) is 24.6 Å². The third-order valence-corrected chi connectivity index (χ3v) is 2.54. The molecular weight excluding hydrogens is 231 g/mol. The molecule has 92 valence electrons. The number of hydrogen-bond acceptors (Lipinski definition) is 4. The van der Waals surface area contributed by atoms with E-state index in [1.165, 1.54) is 25.1 Å². The van der Waals surface area contributed by atoms with Crippen molar-refractivity contribution in [1.82, 2.24) is 0 Å². The lowest BCUT2D eigenvalue weighted by Gasteiger charge is -2.14. The van der Waals surface area contributed by atoms with Crippen LogP contribution in [0.3, 0.4) is 0 Å². The average molecular weight is 242 g/mol. The Kier molecular flexibility index (Phi) is 4.08. The minimum atomic E-state index is -1.14. The van der Waals surface area contributed by atoms with Crippen molar-refractivity contribution >= 4 is 0 Å². The van der Waals surface area contributed by atoms with Gasteiger partial charge in [-0.15, -0.1) is 0 Å². The Morgan fingerprint density at radius 3 is 2.47 bits per heavy atom. The Morgan fingerprint density at radius 1 is 1.35 bits per heavy atom. The maximum atomic E-state index is 13.0. The molecule has 7 heteroatoms. The smallest absolute Gasteiger partial charge is 0.223 e. The lowest BCUT2D eigenvalue weighted by molar-refractivity contribution is -0.543. The van der Waals surface area contributed by atoms with Crippen LogP contribution in [0.2, 0.25) is 0 Å². The van der Waals surface area contributed by atoms with Crippen LogP contribution in [0.4, 0.5) is 4.39 Å². The molecule has 0 aliphatic rings. The second kappa shape index (κ2) is 5.33. The van der Waals surface area contributed by atoms with Crippen molar-refractivity contribution in [2.45, 2.75) is 18.9 Å². The summed E-state index contributed by atoms with van der Waals surface area (Å²) < 4.78 is 13.0. The first kappa shape index (κ1) is 13.0. The highest BCUT2D eigenvalue weighted by Crippen LogP contribution is 2.22. The maximum absolute atomic E-state index is 13.0. The Morgan fingerprint density at radius 2 is 2.00 bits per heavy atom. The topological polar surface area (TPSA) is 86.3 Å². The van der Waals surface area contributed by atoms with Crippen LogP contribution in [0.5, 0.6) is 0 Å². The molecule has 0 bridgehead atoms. The molecule has 0 radical (unpaired) electrons. The normalized spacial score (nSPS) is 14.0. The Labute approximate surface area is 96.4 Å². The van der Waals surface area contributed by atoms with Gasteiger partial charge < -0.3 is 0 Å². The van der Waals surface area contributed by atoms with Gasteiger partial charge in [0.15, 0.2) is 0 Å². The molecule has 0 amide bonds. The summed E-state index contributed by atoms with van der Waals surface area (Å²) in [6.07, 6.45) is 0. The monoisotopic (exact) mass is 242 g/mol. The van der Waals surface area contributed by atoms with E-state index in [-0.39, 0.29) is 5.56 Å². The van der Waals surface area contributed by atoms with Crippen LogP contribution in [0.25, 0.3) is 0 Å². The lowest BCUT2D eigenvalue weighted by Crippen LogP contribution is -2.29. The fourth-order valence-corrected chi connectivity index (χ4v) is 1.58. The molecule has 0 saturated heterocycles. The molecule has 6 nitrogen and oxygen atoms in total. The van der Waals surface area contributed by atoms with Crippen LogP contribution in [0.15, 0.2) is 24.3 Å². The van der Waals surface area contributed by atoms with E-state index >= 15 is 0 Å². The van der Waals surface area contributed by atoms with E-state index in [4.69, 9.17) is 0 Å². The van der Waals surface area contributed by atoms with E-state index in [1.54, 1.807) is 0 Å². The van der Waals surface area contributed by atoms with Gasteiger partial charge in [-0.25, -0.2) is 4.39 Å². The van der Waals surface area contributed by atoms with Gasteiger partial charge in [0, 0.05) is 16.8 Å². The van der Waals surface area contributed by atoms with Gasteiger partial charge in [0.25, 0.3) is 0 Å². The van der Waals surface area contributed by atoms with Crippen LogP contribution >= 0.6 is 0 Å². The number of halogens is 1. The molecule has 0 aliphatic carbocycles. The van der Waals surface area contributed by atoms with Gasteiger partial charge in [0.05, 0.1) is 0 Å². The summed E-state index contributed by atoms with van der Waals surface area (Å²) in [7, 11) is 0. The lowest BCUT2D eigenvalue weighted by atomic mass is 9.93. The average Bonchev–Trinajstić information content (AvgIpc) is 2.24. The molecule has 1 rings (SSSR count). The highest BCUT2D eigenvalue weighted by atomic mass is 19.1. The molecule has 1 aromatic rings. The maximum Gasteiger partial charge on any atom is 0.223 e.